The zero-order valence-corrected chi connectivity index (χ0v) is 25.3. The first-order valence-electron chi connectivity index (χ1n) is 14.6. The molecule has 4 N–H and O–H groups in total. The molecule has 0 aromatic heterocycles. The predicted molar refractivity (Wildman–Crippen MR) is 151 cm³/mol. The van der Waals surface area contributed by atoms with Crippen molar-refractivity contribution in [1.29, 1.82) is 0 Å². The van der Waals surface area contributed by atoms with E-state index in [1.54, 1.807) is 21.0 Å². The molecule has 0 amide bonds. The monoisotopic (exact) mass is 566 g/mol. The Kier molecular flexibility index (Phi) is 21.5. The van der Waals surface area contributed by atoms with E-state index in [0.717, 1.165) is 32.1 Å². The minimum absolute atomic E-state index is 0.0545. The lowest BCUT2D eigenvalue weighted by Gasteiger charge is -2.39. The van der Waals surface area contributed by atoms with E-state index in [9.17, 15) is 19.4 Å². The van der Waals surface area contributed by atoms with Crippen LogP contribution in [0.2, 0.25) is 0 Å². The fourth-order valence-electron chi connectivity index (χ4n) is 4.47. The third-order valence-electron chi connectivity index (χ3n) is 6.79. The molecule has 38 heavy (non-hydrogen) atoms. The normalized spacial score (nSPS) is 15.6. The lowest BCUT2D eigenvalue weighted by atomic mass is 10.1. The summed E-state index contributed by atoms with van der Waals surface area (Å²) >= 11 is 0. The quantitative estimate of drug-likeness (QED) is 0.0294. The highest BCUT2D eigenvalue weighted by molar-refractivity contribution is 7.53. The topological polar surface area (TPSA) is 134 Å². The molecule has 0 spiro atoms. The second-order valence-corrected chi connectivity index (χ2v) is 12.8. The Morgan fingerprint density at radius 3 is 1.97 bits per heavy atom. The number of hydrogen-bond donors (Lipinski definition) is 4. The van der Waals surface area contributed by atoms with Gasteiger partial charge in [0.15, 0.2) is 12.1 Å². The SMILES string of the molecule is CCCCCC/C=C\CCCCCCCCC(=O)OC[C@@H](O)COP(=O)(O)C(CC)[N+](C)(C)CCC(O)O. The van der Waals surface area contributed by atoms with Gasteiger partial charge in [0.2, 0.25) is 0 Å². The Balaban J connectivity index is 3.98. The summed E-state index contributed by atoms with van der Waals surface area (Å²) in [5.74, 6) is -1.19. The molecule has 3 atom stereocenters. The summed E-state index contributed by atoms with van der Waals surface area (Å²) in [6.07, 6.45) is 16.5. The van der Waals surface area contributed by atoms with Crippen molar-refractivity contribution in [2.75, 3.05) is 33.9 Å². The smallest absolute Gasteiger partial charge is 0.385 e. The standard InChI is InChI=1S/C28H56NO8P/c1-5-7-8-9-10-11-12-13-14-15-16-17-18-19-20-28(33)36-23-25(30)24-37-38(34,35)26(6-2)29(3,4)22-21-27(31)32/h11-12,25-27,30-32H,5-10,13-24H2,1-4H3/p+1/b12-11-/t25-,26?/m1/s1. The summed E-state index contributed by atoms with van der Waals surface area (Å²) < 4.78 is 23.1. The van der Waals surface area contributed by atoms with E-state index < -0.39 is 38.3 Å². The van der Waals surface area contributed by atoms with Crippen LogP contribution in [0.3, 0.4) is 0 Å². The van der Waals surface area contributed by atoms with Crippen LogP contribution in [0.5, 0.6) is 0 Å². The lowest BCUT2D eigenvalue weighted by Crippen LogP contribution is -2.50. The first kappa shape index (κ1) is 37.2. The third kappa shape index (κ3) is 19.3. The second-order valence-electron chi connectivity index (χ2n) is 10.8. The number of nitrogens with zero attached hydrogens (tertiary/aromatic N) is 1. The number of rotatable bonds is 25. The summed E-state index contributed by atoms with van der Waals surface area (Å²) in [6, 6.07) is 0. The zero-order chi connectivity index (χ0) is 28.9. The van der Waals surface area contributed by atoms with Crippen LogP contribution in [0.4, 0.5) is 0 Å². The van der Waals surface area contributed by atoms with Gasteiger partial charge in [-0.2, -0.15) is 0 Å². The van der Waals surface area contributed by atoms with Gasteiger partial charge in [-0.05, 0) is 32.1 Å². The average molecular weight is 567 g/mol. The molecule has 0 rings (SSSR count). The van der Waals surface area contributed by atoms with E-state index in [1.807, 2.05) is 0 Å². The first-order valence-corrected chi connectivity index (χ1v) is 16.2. The van der Waals surface area contributed by atoms with Crippen LogP contribution < -0.4 is 0 Å². The number of hydrogen-bond acceptors (Lipinski definition) is 7. The van der Waals surface area contributed by atoms with Crippen molar-refractivity contribution in [2.45, 2.75) is 128 Å². The number of allylic oxidation sites excluding steroid dienone is 2. The van der Waals surface area contributed by atoms with Crippen LogP contribution in [-0.4, -0.2) is 82.7 Å². The molecule has 0 bridgehead atoms. The van der Waals surface area contributed by atoms with Crippen LogP contribution in [0, 0.1) is 0 Å². The van der Waals surface area contributed by atoms with E-state index in [2.05, 4.69) is 19.1 Å². The fourth-order valence-corrected chi connectivity index (χ4v) is 6.39. The molecule has 9 nitrogen and oxygen atoms in total. The Hall–Kier alpha value is -0.800. The third-order valence-corrected chi connectivity index (χ3v) is 9.06. The summed E-state index contributed by atoms with van der Waals surface area (Å²) in [5, 5.41) is 28.3. The molecule has 0 heterocycles. The van der Waals surface area contributed by atoms with Crippen LogP contribution in [-0.2, 0) is 18.6 Å². The maximum atomic E-state index is 12.8. The number of carbonyl (C=O) groups excluding carboxylic acids is 1. The number of aliphatic hydroxyl groups is 3. The number of aliphatic hydroxyl groups excluding tert-OH is 2. The van der Waals surface area contributed by atoms with Crippen molar-refractivity contribution in [3.05, 3.63) is 12.2 Å². The van der Waals surface area contributed by atoms with Gasteiger partial charge in [0.25, 0.3) is 0 Å². The minimum atomic E-state index is -4.13. The first-order chi connectivity index (χ1) is 18.0. The van der Waals surface area contributed by atoms with Gasteiger partial charge in [-0.15, -0.1) is 0 Å². The molecule has 0 saturated carbocycles. The predicted octanol–water partition coefficient (Wildman–Crippen LogP) is 5.25. The van der Waals surface area contributed by atoms with E-state index in [-0.39, 0.29) is 30.5 Å². The van der Waals surface area contributed by atoms with Gasteiger partial charge >= 0.3 is 13.6 Å². The van der Waals surface area contributed by atoms with Gasteiger partial charge in [0.05, 0.1) is 27.2 Å². The van der Waals surface area contributed by atoms with Crippen LogP contribution in [0.15, 0.2) is 12.2 Å². The highest BCUT2D eigenvalue weighted by Crippen LogP contribution is 2.52. The molecule has 226 valence electrons. The van der Waals surface area contributed by atoms with Crippen molar-refractivity contribution in [3.63, 3.8) is 0 Å². The Morgan fingerprint density at radius 2 is 1.42 bits per heavy atom. The number of esters is 1. The number of unbranched alkanes of at least 4 members (excludes halogenated alkanes) is 10. The van der Waals surface area contributed by atoms with Gasteiger partial charge in [0, 0.05) is 19.3 Å². The Morgan fingerprint density at radius 1 is 0.868 bits per heavy atom. The molecule has 0 aliphatic heterocycles. The van der Waals surface area contributed by atoms with Gasteiger partial charge in [0.1, 0.15) is 12.7 Å². The number of ether oxygens (including phenoxy) is 1. The van der Waals surface area contributed by atoms with Crippen molar-refractivity contribution in [1.82, 2.24) is 0 Å². The fraction of sp³-hybridized carbons (Fsp3) is 0.893. The Labute approximate surface area is 231 Å². The van der Waals surface area contributed by atoms with E-state index in [1.165, 1.54) is 44.9 Å². The van der Waals surface area contributed by atoms with Crippen molar-refractivity contribution >= 4 is 13.6 Å². The van der Waals surface area contributed by atoms with Crippen molar-refractivity contribution in [3.8, 4) is 0 Å². The molecular weight excluding hydrogens is 509 g/mol. The van der Waals surface area contributed by atoms with E-state index in [0.29, 0.717) is 6.42 Å². The van der Waals surface area contributed by atoms with Gasteiger partial charge in [-0.3, -0.25) is 9.36 Å². The lowest BCUT2D eigenvalue weighted by molar-refractivity contribution is -0.903. The maximum Gasteiger partial charge on any atom is 0.385 e. The molecule has 0 fully saturated rings. The molecule has 0 aliphatic rings. The highest BCUT2D eigenvalue weighted by Gasteiger charge is 2.43. The molecule has 0 aromatic rings. The van der Waals surface area contributed by atoms with Crippen LogP contribution in [0.1, 0.15) is 110 Å². The number of carbonyl (C=O) groups is 1. The van der Waals surface area contributed by atoms with Gasteiger partial charge in [-0.1, -0.05) is 70.9 Å². The highest BCUT2D eigenvalue weighted by atomic mass is 31.2. The summed E-state index contributed by atoms with van der Waals surface area (Å²) in [5.41, 5.74) is 0. The molecule has 0 aliphatic carbocycles. The molecule has 0 saturated heterocycles. The summed E-state index contributed by atoms with van der Waals surface area (Å²) in [6.45, 7) is 3.51. The molecule has 0 radical (unpaired) electrons. The van der Waals surface area contributed by atoms with Gasteiger partial charge < -0.3 is 34.0 Å². The molecule has 2 unspecified atom stereocenters. The minimum Gasteiger partial charge on any atom is -0.463 e. The largest absolute Gasteiger partial charge is 0.463 e. The summed E-state index contributed by atoms with van der Waals surface area (Å²) in [7, 11) is -0.690. The summed E-state index contributed by atoms with van der Waals surface area (Å²) in [4.78, 5) is 22.4. The zero-order valence-electron chi connectivity index (χ0n) is 24.4. The molecule has 0 aromatic carbocycles. The van der Waals surface area contributed by atoms with Crippen LogP contribution in [0.25, 0.3) is 0 Å². The van der Waals surface area contributed by atoms with Crippen molar-refractivity contribution in [2.24, 2.45) is 0 Å². The average Bonchev–Trinajstić information content (AvgIpc) is 2.85. The van der Waals surface area contributed by atoms with Gasteiger partial charge in [-0.25, -0.2) is 0 Å². The van der Waals surface area contributed by atoms with Crippen molar-refractivity contribution < 1.29 is 43.3 Å². The maximum absolute atomic E-state index is 12.8. The molecule has 10 heteroatoms. The van der Waals surface area contributed by atoms with E-state index >= 15 is 0 Å². The molecular formula is C28H57NO8P+. The Bertz CT molecular complexity index is 671. The number of quaternary nitrogens is 1. The second kappa shape index (κ2) is 22.0. The van der Waals surface area contributed by atoms with Crippen LogP contribution >= 0.6 is 7.60 Å². The van der Waals surface area contributed by atoms with E-state index in [4.69, 9.17) is 19.5 Å².